The van der Waals surface area contributed by atoms with Crippen LogP contribution in [-0.2, 0) is 0 Å². The molecular weight excluding hydrogens is 247 g/mol. The van der Waals surface area contributed by atoms with Gasteiger partial charge >= 0.3 is 0 Å². The Labute approximate surface area is 99.4 Å². The first-order valence-electron chi connectivity index (χ1n) is 4.25. The van der Waals surface area contributed by atoms with Crippen LogP contribution in [0.4, 0.5) is 4.39 Å². The van der Waals surface area contributed by atoms with Gasteiger partial charge in [-0.1, -0.05) is 11.8 Å². The standard InChI is InChI=1S/C9H7FN4S2/c10-6-3-5(8(11)12)1-2-7(6)15-9-13-4-14-16-9/h1-4H,(H3,11,12). The molecule has 0 aliphatic carbocycles. The lowest BCUT2D eigenvalue weighted by Gasteiger charge is -2.02. The van der Waals surface area contributed by atoms with Crippen LogP contribution in [0.25, 0.3) is 0 Å². The predicted octanol–water partition coefficient (Wildman–Crippen LogP) is 2.11. The Morgan fingerprint density at radius 3 is 2.88 bits per heavy atom. The zero-order chi connectivity index (χ0) is 11.5. The Morgan fingerprint density at radius 2 is 2.31 bits per heavy atom. The maximum atomic E-state index is 13.6. The zero-order valence-electron chi connectivity index (χ0n) is 7.98. The third-order valence-corrected chi connectivity index (χ3v) is 3.55. The van der Waals surface area contributed by atoms with E-state index >= 15 is 0 Å². The third kappa shape index (κ3) is 2.37. The minimum Gasteiger partial charge on any atom is -0.384 e. The first-order valence-corrected chi connectivity index (χ1v) is 5.84. The average molecular weight is 254 g/mol. The second-order valence-electron chi connectivity index (χ2n) is 2.87. The normalized spacial score (nSPS) is 10.3. The van der Waals surface area contributed by atoms with E-state index in [-0.39, 0.29) is 5.84 Å². The molecule has 1 heterocycles. The molecule has 0 amide bonds. The number of hydrogen-bond acceptors (Lipinski definition) is 5. The molecule has 3 N–H and O–H groups in total. The summed E-state index contributed by atoms with van der Waals surface area (Å²) >= 11 is 2.41. The maximum Gasteiger partial charge on any atom is 0.174 e. The number of aromatic nitrogens is 2. The molecule has 0 radical (unpaired) electrons. The third-order valence-electron chi connectivity index (χ3n) is 1.78. The second kappa shape index (κ2) is 4.58. The summed E-state index contributed by atoms with van der Waals surface area (Å²) in [5.41, 5.74) is 5.63. The molecule has 1 aromatic heterocycles. The number of amidine groups is 1. The fourth-order valence-electron chi connectivity index (χ4n) is 1.05. The van der Waals surface area contributed by atoms with Crippen molar-refractivity contribution >= 4 is 29.1 Å². The quantitative estimate of drug-likeness (QED) is 0.649. The van der Waals surface area contributed by atoms with E-state index in [1.165, 1.54) is 35.7 Å². The fraction of sp³-hybridized carbons (Fsp3) is 0. The van der Waals surface area contributed by atoms with E-state index in [9.17, 15) is 4.39 Å². The van der Waals surface area contributed by atoms with Crippen molar-refractivity contribution in [3.63, 3.8) is 0 Å². The summed E-state index contributed by atoms with van der Waals surface area (Å²) in [7, 11) is 0. The summed E-state index contributed by atoms with van der Waals surface area (Å²) in [6, 6.07) is 4.43. The Kier molecular flexibility index (Phi) is 3.16. The van der Waals surface area contributed by atoms with Gasteiger partial charge in [0.05, 0.1) is 4.90 Å². The summed E-state index contributed by atoms with van der Waals surface area (Å²) in [5.74, 6) is -0.556. The Bertz CT molecular complexity index is 512. The van der Waals surface area contributed by atoms with Gasteiger partial charge in [-0.3, -0.25) is 5.41 Å². The van der Waals surface area contributed by atoms with Gasteiger partial charge in [0, 0.05) is 5.56 Å². The van der Waals surface area contributed by atoms with Crippen LogP contribution in [0.2, 0.25) is 0 Å². The molecule has 7 heteroatoms. The van der Waals surface area contributed by atoms with Crippen molar-refractivity contribution in [3.8, 4) is 0 Å². The highest BCUT2D eigenvalue weighted by Crippen LogP contribution is 2.30. The molecule has 0 unspecified atom stereocenters. The summed E-state index contributed by atoms with van der Waals surface area (Å²) in [6.07, 6.45) is 1.43. The fourth-order valence-corrected chi connectivity index (χ4v) is 2.46. The molecule has 2 aromatic rings. The highest BCUT2D eigenvalue weighted by molar-refractivity contribution is 8.01. The van der Waals surface area contributed by atoms with Crippen LogP contribution in [0.3, 0.4) is 0 Å². The van der Waals surface area contributed by atoms with Gasteiger partial charge in [-0.15, -0.1) is 0 Å². The monoisotopic (exact) mass is 254 g/mol. The van der Waals surface area contributed by atoms with Crippen LogP contribution in [0.1, 0.15) is 5.56 Å². The minimum absolute atomic E-state index is 0.147. The molecule has 0 bridgehead atoms. The van der Waals surface area contributed by atoms with Gasteiger partial charge in [-0.25, -0.2) is 9.37 Å². The van der Waals surface area contributed by atoms with Crippen LogP contribution < -0.4 is 5.73 Å². The summed E-state index contributed by atoms with van der Waals surface area (Å²) in [4.78, 5) is 4.39. The SMILES string of the molecule is N=C(N)c1ccc(Sc2ncns2)c(F)c1. The summed E-state index contributed by atoms with van der Waals surface area (Å²) in [5, 5.41) is 7.18. The topological polar surface area (TPSA) is 75.7 Å². The van der Waals surface area contributed by atoms with E-state index in [0.717, 1.165) is 0 Å². The number of benzene rings is 1. The van der Waals surface area contributed by atoms with E-state index < -0.39 is 5.82 Å². The molecule has 0 spiro atoms. The molecular formula is C9H7FN4S2. The first kappa shape index (κ1) is 11.0. The molecule has 0 fully saturated rings. The van der Waals surface area contributed by atoms with Crippen molar-refractivity contribution in [2.45, 2.75) is 9.24 Å². The van der Waals surface area contributed by atoms with Crippen LogP contribution in [0.5, 0.6) is 0 Å². The lowest BCUT2D eigenvalue weighted by atomic mass is 10.2. The zero-order valence-corrected chi connectivity index (χ0v) is 9.61. The number of halogens is 1. The largest absolute Gasteiger partial charge is 0.384 e. The molecule has 2 rings (SSSR count). The number of nitrogens with one attached hydrogen (secondary N) is 1. The van der Waals surface area contributed by atoms with Gasteiger partial charge in [0.25, 0.3) is 0 Å². The molecule has 0 saturated heterocycles. The number of nitrogen functional groups attached to an aromatic ring is 1. The predicted molar refractivity (Wildman–Crippen MR) is 61.4 cm³/mol. The van der Waals surface area contributed by atoms with E-state index in [1.54, 1.807) is 12.1 Å². The highest BCUT2D eigenvalue weighted by atomic mass is 32.2. The van der Waals surface area contributed by atoms with E-state index in [2.05, 4.69) is 9.36 Å². The average Bonchev–Trinajstić information content (AvgIpc) is 2.73. The highest BCUT2D eigenvalue weighted by Gasteiger charge is 2.08. The molecule has 1 aromatic carbocycles. The van der Waals surface area contributed by atoms with E-state index in [1.807, 2.05) is 0 Å². The van der Waals surface area contributed by atoms with E-state index in [0.29, 0.717) is 14.8 Å². The summed E-state index contributed by atoms with van der Waals surface area (Å²) in [6.45, 7) is 0. The van der Waals surface area contributed by atoms with Gasteiger partial charge in [0.2, 0.25) is 0 Å². The Balaban J connectivity index is 2.26. The molecule has 82 valence electrons. The van der Waals surface area contributed by atoms with Crippen LogP contribution in [0.15, 0.2) is 33.8 Å². The Morgan fingerprint density at radius 1 is 1.50 bits per heavy atom. The molecule has 16 heavy (non-hydrogen) atoms. The molecule has 0 atom stereocenters. The molecule has 0 saturated carbocycles. The van der Waals surface area contributed by atoms with Gasteiger partial charge in [-0.2, -0.15) is 4.37 Å². The van der Waals surface area contributed by atoms with Crippen molar-refractivity contribution in [2.24, 2.45) is 5.73 Å². The van der Waals surface area contributed by atoms with Crippen LogP contribution in [-0.4, -0.2) is 15.2 Å². The lowest BCUT2D eigenvalue weighted by molar-refractivity contribution is 0.601. The van der Waals surface area contributed by atoms with Gasteiger partial charge < -0.3 is 5.73 Å². The van der Waals surface area contributed by atoms with Gasteiger partial charge in [0.15, 0.2) is 4.34 Å². The van der Waals surface area contributed by atoms with Crippen molar-refractivity contribution < 1.29 is 4.39 Å². The number of nitrogens with two attached hydrogens (primary N) is 1. The maximum absolute atomic E-state index is 13.6. The van der Waals surface area contributed by atoms with Crippen LogP contribution >= 0.6 is 23.3 Å². The first-order chi connectivity index (χ1) is 7.66. The van der Waals surface area contributed by atoms with Crippen LogP contribution in [0, 0.1) is 11.2 Å². The van der Waals surface area contributed by atoms with E-state index in [4.69, 9.17) is 11.1 Å². The molecule has 4 nitrogen and oxygen atoms in total. The van der Waals surface area contributed by atoms with Gasteiger partial charge in [-0.05, 0) is 29.7 Å². The number of rotatable bonds is 3. The van der Waals surface area contributed by atoms with Crippen molar-refractivity contribution in [3.05, 3.63) is 35.9 Å². The smallest absolute Gasteiger partial charge is 0.174 e. The minimum atomic E-state index is -0.409. The van der Waals surface area contributed by atoms with Crippen molar-refractivity contribution in [1.29, 1.82) is 5.41 Å². The van der Waals surface area contributed by atoms with Crippen molar-refractivity contribution in [2.75, 3.05) is 0 Å². The van der Waals surface area contributed by atoms with Gasteiger partial charge in [0.1, 0.15) is 18.0 Å². The molecule has 0 aliphatic heterocycles. The number of nitrogens with zero attached hydrogens (tertiary/aromatic N) is 2. The molecule has 0 aliphatic rings. The Hall–Kier alpha value is -1.47. The van der Waals surface area contributed by atoms with Crippen molar-refractivity contribution in [1.82, 2.24) is 9.36 Å². The summed E-state index contributed by atoms with van der Waals surface area (Å²) < 4.78 is 18.1. The number of hydrogen-bond donors (Lipinski definition) is 2. The lowest BCUT2D eigenvalue weighted by Crippen LogP contribution is -2.11. The second-order valence-corrected chi connectivity index (χ2v) is 4.94.